The average Bonchev–Trinajstić information content (AvgIpc) is 3.30. The standard InChI is InChI=1S/C29H21FN8O2/c1-17-9-25-21(16-36(2)35-25)11-24(17)33-27-34-28(39)38(26-14-32-13-19-5-3-4-6-22(19)26)29(40)37(27)15-18-7-8-23(30)20(10-18)12-31/h3-11,13-14,16H,15H2,1-2H3,(H,33,34,39). The van der Waals surface area contributed by atoms with Gasteiger partial charge in [-0.3, -0.25) is 14.2 Å². The first-order valence-electron chi connectivity index (χ1n) is 12.3. The smallest absolute Gasteiger partial charge is 0.325 e. The lowest BCUT2D eigenvalue weighted by Crippen LogP contribution is -2.42. The molecule has 196 valence electrons. The molecule has 0 radical (unpaired) electrons. The van der Waals surface area contributed by atoms with Crippen LogP contribution in [0.1, 0.15) is 16.7 Å². The molecule has 10 nitrogen and oxygen atoms in total. The topological polar surface area (TPSA) is 123 Å². The molecule has 3 heterocycles. The number of fused-ring (bicyclic) bond motifs is 2. The number of nitrogens with zero attached hydrogens (tertiary/aromatic N) is 7. The maximum absolute atomic E-state index is 14.0. The maximum Gasteiger partial charge on any atom is 0.359 e. The summed E-state index contributed by atoms with van der Waals surface area (Å²) in [5, 5.41) is 19.1. The van der Waals surface area contributed by atoms with Crippen LogP contribution in [0.5, 0.6) is 0 Å². The van der Waals surface area contributed by atoms with Gasteiger partial charge in [0.25, 0.3) is 0 Å². The van der Waals surface area contributed by atoms with Crippen molar-refractivity contribution in [2.75, 3.05) is 5.32 Å². The quantitative estimate of drug-likeness (QED) is 0.357. The Morgan fingerprint density at radius 3 is 2.70 bits per heavy atom. The molecule has 0 atom stereocenters. The first-order valence-corrected chi connectivity index (χ1v) is 12.3. The lowest BCUT2D eigenvalue weighted by Gasteiger charge is -2.17. The fourth-order valence-electron chi connectivity index (χ4n) is 4.71. The first-order chi connectivity index (χ1) is 19.3. The van der Waals surface area contributed by atoms with Gasteiger partial charge in [0.2, 0.25) is 5.95 Å². The number of anilines is 2. The fourth-order valence-corrected chi connectivity index (χ4v) is 4.71. The molecule has 11 heteroatoms. The summed E-state index contributed by atoms with van der Waals surface area (Å²) in [5.74, 6) is -0.670. The highest BCUT2D eigenvalue weighted by Crippen LogP contribution is 2.25. The highest BCUT2D eigenvalue weighted by atomic mass is 19.1. The molecule has 6 rings (SSSR count). The summed E-state index contributed by atoms with van der Waals surface area (Å²) in [6, 6.07) is 16.9. The molecule has 0 saturated carbocycles. The molecule has 0 amide bonds. The second kappa shape index (κ2) is 9.59. The van der Waals surface area contributed by atoms with Crippen LogP contribution in [-0.2, 0) is 13.6 Å². The van der Waals surface area contributed by atoms with E-state index in [9.17, 15) is 19.2 Å². The molecule has 40 heavy (non-hydrogen) atoms. The molecule has 0 bridgehead atoms. The van der Waals surface area contributed by atoms with Crippen molar-refractivity contribution in [2.24, 2.45) is 7.05 Å². The predicted octanol–water partition coefficient (Wildman–Crippen LogP) is 3.94. The van der Waals surface area contributed by atoms with E-state index in [1.54, 1.807) is 23.0 Å². The van der Waals surface area contributed by atoms with E-state index in [0.29, 0.717) is 16.6 Å². The lowest BCUT2D eigenvalue weighted by molar-refractivity contribution is 0.620. The Morgan fingerprint density at radius 2 is 1.88 bits per heavy atom. The van der Waals surface area contributed by atoms with Crippen LogP contribution < -0.4 is 16.7 Å². The molecule has 0 aliphatic carbocycles. The van der Waals surface area contributed by atoms with E-state index in [4.69, 9.17) is 0 Å². The van der Waals surface area contributed by atoms with Crippen LogP contribution in [0, 0.1) is 24.1 Å². The minimum atomic E-state index is -0.793. The highest BCUT2D eigenvalue weighted by molar-refractivity contribution is 5.89. The SMILES string of the molecule is Cc1cc2nn(C)cc2cc1Nc1nc(=O)n(-c2cncc3ccccc23)c(=O)n1Cc1ccc(F)c(C#N)c1. The minimum Gasteiger partial charge on any atom is -0.325 e. The Bertz CT molecular complexity index is 2120. The number of pyridine rings is 1. The summed E-state index contributed by atoms with van der Waals surface area (Å²) in [5.41, 5.74) is 1.38. The van der Waals surface area contributed by atoms with Gasteiger partial charge in [0.05, 0.1) is 29.5 Å². The Kier molecular flexibility index (Phi) is 5.92. The van der Waals surface area contributed by atoms with Crippen molar-refractivity contribution in [3.63, 3.8) is 0 Å². The Labute approximate surface area is 226 Å². The van der Waals surface area contributed by atoms with Crippen molar-refractivity contribution in [3.8, 4) is 11.8 Å². The summed E-state index contributed by atoms with van der Waals surface area (Å²) in [6.45, 7) is 1.79. The van der Waals surface area contributed by atoms with Crippen molar-refractivity contribution >= 4 is 33.3 Å². The Morgan fingerprint density at radius 1 is 1.05 bits per heavy atom. The number of aryl methyl sites for hydroxylation is 2. The van der Waals surface area contributed by atoms with Gasteiger partial charge in [-0.15, -0.1) is 0 Å². The maximum atomic E-state index is 14.0. The molecule has 3 aromatic heterocycles. The Hall–Kier alpha value is -5.63. The van der Waals surface area contributed by atoms with Crippen LogP contribution in [0.25, 0.3) is 27.4 Å². The van der Waals surface area contributed by atoms with E-state index in [1.165, 1.54) is 29.0 Å². The molecule has 0 unspecified atom stereocenters. The zero-order valence-corrected chi connectivity index (χ0v) is 21.5. The van der Waals surface area contributed by atoms with Gasteiger partial charge < -0.3 is 5.32 Å². The number of nitriles is 1. The van der Waals surface area contributed by atoms with Gasteiger partial charge in [-0.25, -0.2) is 18.5 Å². The molecule has 0 aliphatic rings. The van der Waals surface area contributed by atoms with E-state index >= 15 is 0 Å². The largest absolute Gasteiger partial charge is 0.359 e. The van der Waals surface area contributed by atoms with Crippen LogP contribution in [0.3, 0.4) is 0 Å². The zero-order valence-electron chi connectivity index (χ0n) is 21.5. The second-order valence-corrected chi connectivity index (χ2v) is 9.38. The van der Waals surface area contributed by atoms with Gasteiger partial charge in [-0.1, -0.05) is 30.3 Å². The number of nitrogens with one attached hydrogen (secondary N) is 1. The van der Waals surface area contributed by atoms with Crippen LogP contribution in [0.4, 0.5) is 16.0 Å². The summed E-state index contributed by atoms with van der Waals surface area (Å²) < 4.78 is 18.0. The van der Waals surface area contributed by atoms with Crippen molar-refractivity contribution in [3.05, 3.63) is 117 Å². The van der Waals surface area contributed by atoms with Gasteiger partial charge in [-0.05, 0) is 42.3 Å². The molecular weight excluding hydrogens is 511 g/mol. The monoisotopic (exact) mass is 532 g/mol. The highest BCUT2D eigenvalue weighted by Gasteiger charge is 2.19. The van der Waals surface area contributed by atoms with Gasteiger partial charge in [0.1, 0.15) is 11.9 Å². The molecule has 3 aromatic carbocycles. The van der Waals surface area contributed by atoms with Crippen molar-refractivity contribution in [1.29, 1.82) is 5.26 Å². The summed E-state index contributed by atoms with van der Waals surface area (Å²) >= 11 is 0. The molecule has 0 aliphatic heterocycles. The van der Waals surface area contributed by atoms with E-state index in [0.717, 1.165) is 26.4 Å². The van der Waals surface area contributed by atoms with Gasteiger partial charge in [0.15, 0.2) is 0 Å². The van der Waals surface area contributed by atoms with Crippen molar-refractivity contribution in [1.82, 2.24) is 28.9 Å². The van der Waals surface area contributed by atoms with Gasteiger partial charge in [0, 0.05) is 41.3 Å². The molecule has 0 spiro atoms. The van der Waals surface area contributed by atoms with Crippen LogP contribution in [-0.4, -0.2) is 28.9 Å². The third-order valence-corrected chi connectivity index (χ3v) is 6.66. The van der Waals surface area contributed by atoms with Crippen LogP contribution in [0.15, 0.2) is 82.8 Å². The van der Waals surface area contributed by atoms with Gasteiger partial charge in [-0.2, -0.15) is 15.3 Å². The van der Waals surface area contributed by atoms with E-state index in [1.807, 2.05) is 50.5 Å². The summed E-state index contributed by atoms with van der Waals surface area (Å²) in [6.07, 6.45) is 4.94. The van der Waals surface area contributed by atoms with Crippen LogP contribution in [0.2, 0.25) is 0 Å². The van der Waals surface area contributed by atoms with E-state index < -0.39 is 17.2 Å². The van der Waals surface area contributed by atoms with Crippen molar-refractivity contribution < 1.29 is 4.39 Å². The number of hydrogen-bond acceptors (Lipinski definition) is 7. The summed E-state index contributed by atoms with van der Waals surface area (Å²) in [4.78, 5) is 35.9. The number of hydrogen-bond donors (Lipinski definition) is 1. The number of halogens is 1. The molecule has 1 N–H and O–H groups in total. The van der Waals surface area contributed by atoms with Crippen LogP contribution >= 0.6 is 0 Å². The third kappa shape index (κ3) is 4.27. The molecule has 6 aromatic rings. The minimum absolute atomic E-state index is 0.00591. The molecular formula is C29H21FN8O2. The second-order valence-electron chi connectivity index (χ2n) is 9.38. The predicted molar refractivity (Wildman–Crippen MR) is 148 cm³/mol. The van der Waals surface area contributed by atoms with Gasteiger partial charge >= 0.3 is 11.4 Å². The number of benzene rings is 3. The van der Waals surface area contributed by atoms with Crippen molar-refractivity contribution in [2.45, 2.75) is 13.5 Å². The first kappa shape index (κ1) is 24.7. The van der Waals surface area contributed by atoms with E-state index in [2.05, 4.69) is 20.4 Å². The Balaban J connectivity index is 1.56. The number of rotatable bonds is 5. The normalized spacial score (nSPS) is 11.2. The molecule has 0 saturated heterocycles. The van der Waals surface area contributed by atoms with E-state index in [-0.39, 0.29) is 23.7 Å². The fraction of sp³-hybridized carbons (Fsp3) is 0.103. The average molecular weight is 533 g/mol. The molecule has 0 fully saturated rings. The number of aromatic nitrogens is 6. The lowest BCUT2D eigenvalue weighted by atomic mass is 10.1. The zero-order chi connectivity index (χ0) is 28.0. The summed E-state index contributed by atoms with van der Waals surface area (Å²) in [7, 11) is 1.82. The third-order valence-electron chi connectivity index (χ3n) is 6.66.